The van der Waals surface area contributed by atoms with Gasteiger partial charge in [0, 0.05) is 57.5 Å². The lowest BCUT2D eigenvalue weighted by molar-refractivity contribution is 0.0853. The molecule has 0 bridgehead atoms. The molecule has 1 aromatic heterocycles. The number of nitrogens with zero attached hydrogens (tertiary/aromatic N) is 4. The molecule has 164 valence electrons. The van der Waals surface area contributed by atoms with Crippen LogP contribution in [0.5, 0.6) is 0 Å². The molecule has 31 heavy (non-hydrogen) atoms. The van der Waals surface area contributed by atoms with Crippen LogP contribution in [0.1, 0.15) is 17.5 Å². The maximum Gasteiger partial charge on any atom is 0.354 e. The topological polar surface area (TPSA) is 109 Å². The quantitative estimate of drug-likeness (QED) is 0.650. The highest BCUT2D eigenvalue weighted by Gasteiger charge is 2.32. The Balaban J connectivity index is 1.28. The van der Waals surface area contributed by atoms with Crippen LogP contribution in [-0.2, 0) is 12.8 Å². The van der Waals surface area contributed by atoms with Crippen LogP contribution in [0.2, 0.25) is 0 Å². The van der Waals surface area contributed by atoms with Crippen LogP contribution in [0.25, 0.3) is 5.69 Å². The molecule has 1 aromatic carbocycles. The highest BCUT2D eigenvalue weighted by Crippen LogP contribution is 2.28. The minimum Gasteiger partial charge on any atom is -0.325 e. The van der Waals surface area contributed by atoms with Gasteiger partial charge in [-0.2, -0.15) is 4.98 Å². The van der Waals surface area contributed by atoms with E-state index in [1.54, 1.807) is 17.2 Å². The van der Waals surface area contributed by atoms with E-state index >= 15 is 0 Å². The Morgan fingerprint density at radius 2 is 1.97 bits per heavy atom. The third kappa shape index (κ3) is 4.21. The third-order valence-electron chi connectivity index (χ3n) is 6.57. The van der Waals surface area contributed by atoms with Gasteiger partial charge in [0.1, 0.15) is 5.82 Å². The Morgan fingerprint density at radius 1 is 1.16 bits per heavy atom. The fourth-order valence-corrected chi connectivity index (χ4v) is 4.76. The Bertz CT molecular complexity index is 1020. The summed E-state index contributed by atoms with van der Waals surface area (Å²) in [5, 5.41) is 5.94. The predicted molar refractivity (Wildman–Crippen MR) is 119 cm³/mol. The summed E-state index contributed by atoms with van der Waals surface area (Å²) in [6.45, 7) is 4.82. The number of nitrogens with one attached hydrogen (secondary N) is 2. The van der Waals surface area contributed by atoms with Crippen LogP contribution in [0, 0.1) is 0 Å². The second-order valence-electron chi connectivity index (χ2n) is 8.70. The fraction of sp³-hybridized carbons (Fsp3) is 0.500. The van der Waals surface area contributed by atoms with Crippen LogP contribution in [0.3, 0.4) is 0 Å². The number of benzene rings is 1. The Hall–Kier alpha value is -2.75. The summed E-state index contributed by atoms with van der Waals surface area (Å²) < 4.78 is 1.53. The Labute approximate surface area is 181 Å². The van der Waals surface area contributed by atoms with Gasteiger partial charge in [-0.1, -0.05) is 6.07 Å². The number of nitrogens with two attached hydrogens (primary N) is 1. The van der Waals surface area contributed by atoms with Crippen molar-refractivity contribution in [1.82, 2.24) is 24.7 Å². The fourth-order valence-electron chi connectivity index (χ4n) is 4.76. The van der Waals surface area contributed by atoms with Gasteiger partial charge >= 0.3 is 11.7 Å². The molecule has 3 aliphatic rings. The summed E-state index contributed by atoms with van der Waals surface area (Å²) in [5.74, 6) is 0.276. The second kappa shape index (κ2) is 8.41. The molecule has 1 aliphatic carbocycles. The van der Waals surface area contributed by atoms with E-state index in [0.29, 0.717) is 25.2 Å². The Kier molecular flexibility index (Phi) is 5.47. The van der Waals surface area contributed by atoms with Crippen molar-refractivity contribution in [1.29, 1.82) is 0 Å². The van der Waals surface area contributed by atoms with Crippen molar-refractivity contribution in [2.75, 3.05) is 44.6 Å². The molecule has 4 N–H and O–H groups in total. The molecule has 2 aromatic rings. The minimum absolute atomic E-state index is 0.224. The lowest BCUT2D eigenvalue weighted by atomic mass is 9.85. The number of aromatic nitrogens is 2. The first-order valence-electron chi connectivity index (χ1n) is 11.0. The van der Waals surface area contributed by atoms with Crippen LogP contribution >= 0.6 is 0 Å². The van der Waals surface area contributed by atoms with Gasteiger partial charge in [-0.05, 0) is 48.6 Å². The SMILES string of the molecule is NC1CN(C2CCc3cc(-n4ccc(NC(=O)N5CCNCC5)nc4=O)ccc3C2)C1. The largest absolute Gasteiger partial charge is 0.354 e. The summed E-state index contributed by atoms with van der Waals surface area (Å²) in [4.78, 5) is 33.2. The molecule has 2 amide bonds. The molecule has 3 heterocycles. The van der Waals surface area contributed by atoms with Crippen LogP contribution in [-0.4, -0.2) is 76.7 Å². The third-order valence-corrected chi connectivity index (χ3v) is 6.57. The van der Waals surface area contributed by atoms with Crippen molar-refractivity contribution >= 4 is 11.8 Å². The number of likely N-dealkylation sites (tertiary alicyclic amines) is 1. The van der Waals surface area contributed by atoms with Gasteiger partial charge in [0.25, 0.3) is 0 Å². The van der Waals surface area contributed by atoms with Gasteiger partial charge in [-0.3, -0.25) is 14.8 Å². The van der Waals surface area contributed by atoms with Crippen molar-refractivity contribution in [3.8, 4) is 5.69 Å². The zero-order chi connectivity index (χ0) is 21.4. The summed E-state index contributed by atoms with van der Waals surface area (Å²) >= 11 is 0. The molecule has 0 spiro atoms. The summed E-state index contributed by atoms with van der Waals surface area (Å²) in [5.41, 5.74) is 8.98. The van der Waals surface area contributed by atoms with Crippen molar-refractivity contribution in [3.63, 3.8) is 0 Å². The smallest absolute Gasteiger partial charge is 0.325 e. The zero-order valence-electron chi connectivity index (χ0n) is 17.6. The van der Waals surface area contributed by atoms with E-state index in [-0.39, 0.29) is 11.8 Å². The van der Waals surface area contributed by atoms with E-state index in [1.807, 2.05) is 6.07 Å². The molecule has 1 unspecified atom stereocenters. The highest BCUT2D eigenvalue weighted by atomic mass is 16.2. The van der Waals surface area contributed by atoms with E-state index in [1.165, 1.54) is 15.7 Å². The monoisotopic (exact) mass is 423 g/mol. The zero-order valence-corrected chi connectivity index (χ0v) is 17.6. The highest BCUT2D eigenvalue weighted by molar-refractivity contribution is 5.88. The lowest BCUT2D eigenvalue weighted by Gasteiger charge is -2.44. The number of piperazine rings is 1. The minimum atomic E-state index is -0.402. The van der Waals surface area contributed by atoms with Gasteiger partial charge in [0.05, 0.1) is 5.69 Å². The molecule has 0 radical (unpaired) electrons. The van der Waals surface area contributed by atoms with Crippen molar-refractivity contribution in [3.05, 3.63) is 52.1 Å². The van der Waals surface area contributed by atoms with Crippen molar-refractivity contribution in [2.45, 2.75) is 31.3 Å². The van der Waals surface area contributed by atoms with Crippen molar-refractivity contribution in [2.24, 2.45) is 5.73 Å². The molecule has 2 saturated heterocycles. The molecule has 0 saturated carbocycles. The molecule has 9 heteroatoms. The van der Waals surface area contributed by atoms with Crippen LogP contribution < -0.4 is 22.1 Å². The van der Waals surface area contributed by atoms with E-state index in [4.69, 9.17) is 5.73 Å². The molecule has 1 atom stereocenters. The first-order valence-corrected chi connectivity index (χ1v) is 11.0. The van der Waals surface area contributed by atoms with Crippen LogP contribution in [0.15, 0.2) is 35.3 Å². The number of fused-ring (bicyclic) bond motifs is 1. The maximum absolute atomic E-state index is 12.6. The maximum atomic E-state index is 12.6. The molecule has 9 nitrogen and oxygen atoms in total. The number of urea groups is 1. The number of carbonyl (C=O) groups is 1. The number of amides is 2. The first kappa shape index (κ1) is 20.2. The second-order valence-corrected chi connectivity index (χ2v) is 8.70. The number of hydrogen-bond donors (Lipinski definition) is 3. The van der Waals surface area contributed by atoms with E-state index < -0.39 is 5.69 Å². The molecule has 5 rings (SSSR count). The number of carbonyl (C=O) groups excluding carboxylic acids is 1. The van der Waals surface area contributed by atoms with Gasteiger partial charge in [0.2, 0.25) is 0 Å². The molecule has 2 fully saturated rings. The number of aryl methyl sites for hydroxylation is 1. The standard InChI is InChI=1S/C22H29N7O2/c23-17-13-28(14-17)18-3-1-16-12-19(4-2-15(16)11-18)29-8-5-20(26-22(29)31)25-21(30)27-9-6-24-7-10-27/h2,4-5,8,12,17-18,24H,1,3,6-7,9-11,13-14,23H2,(H,25,26,30,31). The average molecular weight is 424 g/mol. The van der Waals surface area contributed by atoms with Gasteiger partial charge in [-0.15, -0.1) is 0 Å². The molecular formula is C22H29N7O2. The number of anilines is 1. The molecule has 2 aliphatic heterocycles. The lowest BCUT2D eigenvalue weighted by Crippen LogP contribution is -2.60. The average Bonchev–Trinajstić information content (AvgIpc) is 2.77. The van der Waals surface area contributed by atoms with E-state index in [0.717, 1.165) is 51.1 Å². The normalized spacial score (nSPS) is 22.0. The molecular weight excluding hydrogens is 394 g/mol. The van der Waals surface area contributed by atoms with Crippen molar-refractivity contribution < 1.29 is 4.79 Å². The first-order chi connectivity index (χ1) is 15.1. The number of rotatable bonds is 3. The van der Waals surface area contributed by atoms with E-state index in [9.17, 15) is 9.59 Å². The summed E-state index contributed by atoms with van der Waals surface area (Å²) in [7, 11) is 0. The van der Waals surface area contributed by atoms with E-state index in [2.05, 4.69) is 32.7 Å². The Morgan fingerprint density at radius 3 is 2.71 bits per heavy atom. The van der Waals surface area contributed by atoms with Crippen LogP contribution in [0.4, 0.5) is 10.6 Å². The predicted octanol–water partition coefficient (Wildman–Crippen LogP) is 0.170. The van der Waals surface area contributed by atoms with Gasteiger partial charge in [0.15, 0.2) is 0 Å². The summed E-state index contributed by atoms with van der Waals surface area (Å²) in [6.07, 6.45) is 4.83. The van der Waals surface area contributed by atoms with Gasteiger partial charge in [-0.25, -0.2) is 9.59 Å². The summed E-state index contributed by atoms with van der Waals surface area (Å²) in [6, 6.07) is 8.54. The van der Waals surface area contributed by atoms with Gasteiger partial charge < -0.3 is 16.0 Å². The number of hydrogen-bond acceptors (Lipinski definition) is 6.